The first-order valence-electron chi connectivity index (χ1n) is 8.41. The highest BCUT2D eigenvalue weighted by molar-refractivity contribution is 14.1. The summed E-state index contributed by atoms with van der Waals surface area (Å²) < 4.78 is 1.28. The predicted molar refractivity (Wildman–Crippen MR) is 106 cm³/mol. The van der Waals surface area contributed by atoms with Gasteiger partial charge in [-0.15, -0.1) is 0 Å². The molecule has 2 aromatic carbocycles. The molecular weight excluding hydrogens is 381 g/mol. The fourth-order valence-electron chi connectivity index (χ4n) is 3.33. The first kappa shape index (κ1) is 15.9. The van der Waals surface area contributed by atoms with Gasteiger partial charge in [-0.25, -0.2) is 0 Å². The van der Waals surface area contributed by atoms with Crippen LogP contribution in [0.1, 0.15) is 45.1 Å². The number of hydrogen-bond donors (Lipinski definition) is 1. The van der Waals surface area contributed by atoms with Crippen LogP contribution in [0.25, 0.3) is 21.8 Å². The van der Waals surface area contributed by atoms with Crippen LogP contribution in [-0.4, -0.2) is 4.98 Å². The van der Waals surface area contributed by atoms with Gasteiger partial charge >= 0.3 is 0 Å². The number of unbranched alkanes of at least 4 members (excludes halogenated alkanes) is 1. The van der Waals surface area contributed by atoms with Crippen molar-refractivity contribution in [1.29, 1.82) is 0 Å². The third kappa shape index (κ3) is 3.32. The Balaban J connectivity index is 1.93. The molecule has 0 bridgehead atoms. The Kier molecular flexibility index (Phi) is 5.07. The van der Waals surface area contributed by atoms with Gasteiger partial charge in [0.15, 0.2) is 0 Å². The highest BCUT2D eigenvalue weighted by Gasteiger charge is 2.10. The van der Waals surface area contributed by atoms with Crippen LogP contribution < -0.4 is 0 Å². The maximum absolute atomic E-state index is 3.54. The average Bonchev–Trinajstić information content (AvgIpc) is 2.88. The highest BCUT2D eigenvalue weighted by atomic mass is 127. The van der Waals surface area contributed by atoms with E-state index in [1.807, 2.05) is 0 Å². The Morgan fingerprint density at radius 3 is 2.64 bits per heavy atom. The zero-order chi connectivity index (χ0) is 15.5. The number of nitrogens with one attached hydrogen (secondary N) is 1. The van der Waals surface area contributed by atoms with E-state index in [0.717, 1.165) is 5.92 Å². The van der Waals surface area contributed by atoms with Crippen LogP contribution in [0.15, 0.2) is 36.4 Å². The molecule has 2 heteroatoms. The van der Waals surface area contributed by atoms with Gasteiger partial charge in [0, 0.05) is 25.4 Å². The molecule has 0 spiro atoms. The van der Waals surface area contributed by atoms with Gasteiger partial charge in [-0.3, -0.25) is 0 Å². The van der Waals surface area contributed by atoms with Crippen molar-refractivity contribution >= 4 is 44.4 Å². The second kappa shape index (κ2) is 7.03. The van der Waals surface area contributed by atoms with E-state index in [4.69, 9.17) is 0 Å². The first-order chi connectivity index (χ1) is 10.7. The van der Waals surface area contributed by atoms with E-state index in [-0.39, 0.29) is 0 Å². The van der Waals surface area contributed by atoms with Gasteiger partial charge in [-0.1, -0.05) is 51.7 Å². The van der Waals surface area contributed by atoms with Crippen LogP contribution in [0.5, 0.6) is 0 Å². The molecule has 0 aliphatic carbocycles. The third-order valence-corrected chi connectivity index (χ3v) is 5.36. The van der Waals surface area contributed by atoms with Gasteiger partial charge in [-0.2, -0.15) is 0 Å². The molecule has 1 heterocycles. The molecule has 0 radical (unpaired) electrons. The molecule has 1 atom stereocenters. The van der Waals surface area contributed by atoms with Crippen molar-refractivity contribution in [2.75, 3.05) is 0 Å². The Labute approximate surface area is 146 Å². The number of H-pyrrole nitrogens is 1. The summed E-state index contributed by atoms with van der Waals surface area (Å²) in [4.78, 5) is 3.54. The van der Waals surface area contributed by atoms with E-state index in [9.17, 15) is 0 Å². The molecule has 1 N–H and O–H groups in total. The topological polar surface area (TPSA) is 15.8 Å². The lowest BCUT2D eigenvalue weighted by atomic mass is 9.91. The number of halogens is 1. The molecule has 1 unspecified atom stereocenters. The molecule has 0 saturated heterocycles. The van der Waals surface area contributed by atoms with Crippen LogP contribution in [0.2, 0.25) is 0 Å². The van der Waals surface area contributed by atoms with E-state index in [1.165, 1.54) is 63.0 Å². The minimum absolute atomic E-state index is 0.823. The minimum atomic E-state index is 0.823. The van der Waals surface area contributed by atoms with Crippen LogP contribution in [0.4, 0.5) is 0 Å². The smallest absolute Gasteiger partial charge is 0.0475 e. The summed E-state index contributed by atoms with van der Waals surface area (Å²) in [7, 11) is 0. The van der Waals surface area contributed by atoms with E-state index < -0.39 is 0 Å². The Bertz CT molecular complexity index is 772. The maximum Gasteiger partial charge on any atom is 0.0475 e. The summed E-state index contributed by atoms with van der Waals surface area (Å²) in [5.74, 6) is 0.823. The summed E-state index contributed by atoms with van der Waals surface area (Å²) in [5.41, 5.74) is 3.98. The lowest BCUT2D eigenvalue weighted by Crippen LogP contribution is -2.03. The molecule has 1 aromatic heterocycles. The summed E-state index contributed by atoms with van der Waals surface area (Å²) in [5, 5.41) is 2.72. The monoisotopic (exact) mass is 405 g/mol. The second-order valence-corrected chi connectivity index (χ2v) is 7.56. The lowest BCUT2D eigenvalue weighted by Gasteiger charge is -2.14. The van der Waals surface area contributed by atoms with Gasteiger partial charge in [0.05, 0.1) is 0 Å². The molecule has 22 heavy (non-hydrogen) atoms. The van der Waals surface area contributed by atoms with Gasteiger partial charge < -0.3 is 4.98 Å². The lowest BCUT2D eigenvalue weighted by molar-refractivity contribution is 0.449. The van der Waals surface area contributed by atoms with Gasteiger partial charge in [0.2, 0.25) is 0 Å². The normalized spacial score (nSPS) is 13.0. The van der Waals surface area contributed by atoms with Crippen molar-refractivity contribution in [3.05, 3.63) is 45.5 Å². The quantitative estimate of drug-likeness (QED) is 0.440. The van der Waals surface area contributed by atoms with Crippen molar-refractivity contribution in [3.8, 4) is 0 Å². The van der Waals surface area contributed by atoms with Gasteiger partial charge in [0.25, 0.3) is 0 Å². The predicted octanol–water partition coefficient (Wildman–Crippen LogP) is 6.68. The van der Waals surface area contributed by atoms with Crippen molar-refractivity contribution in [2.24, 2.45) is 5.92 Å². The molecule has 0 fully saturated rings. The molecule has 0 aliphatic rings. The highest BCUT2D eigenvalue weighted by Crippen LogP contribution is 2.29. The van der Waals surface area contributed by atoms with E-state index in [2.05, 4.69) is 77.8 Å². The number of aromatic amines is 1. The molecule has 3 aromatic rings. The molecule has 116 valence electrons. The minimum Gasteiger partial charge on any atom is -0.354 e. The number of hydrogen-bond acceptors (Lipinski definition) is 0. The van der Waals surface area contributed by atoms with E-state index in [0.29, 0.717) is 0 Å². The van der Waals surface area contributed by atoms with Crippen LogP contribution >= 0.6 is 22.6 Å². The van der Waals surface area contributed by atoms with Gasteiger partial charge in [0.1, 0.15) is 0 Å². The Morgan fingerprint density at radius 2 is 1.86 bits per heavy atom. The van der Waals surface area contributed by atoms with Crippen LogP contribution in [-0.2, 0) is 6.42 Å². The second-order valence-electron chi connectivity index (χ2n) is 6.32. The zero-order valence-corrected chi connectivity index (χ0v) is 15.6. The Hall–Kier alpha value is -1.03. The molecule has 0 amide bonds. The number of aromatic nitrogens is 1. The van der Waals surface area contributed by atoms with E-state index in [1.54, 1.807) is 0 Å². The fourth-order valence-corrected chi connectivity index (χ4v) is 3.82. The molecule has 0 saturated carbocycles. The van der Waals surface area contributed by atoms with Crippen LogP contribution in [0, 0.1) is 9.49 Å². The van der Waals surface area contributed by atoms with E-state index >= 15 is 0 Å². The van der Waals surface area contributed by atoms with Crippen molar-refractivity contribution in [2.45, 2.75) is 46.0 Å². The van der Waals surface area contributed by atoms with Crippen molar-refractivity contribution < 1.29 is 0 Å². The molecular formula is C20H24IN. The summed E-state index contributed by atoms with van der Waals surface area (Å²) in [6, 6.07) is 13.6. The van der Waals surface area contributed by atoms with Crippen LogP contribution in [0.3, 0.4) is 0 Å². The fraction of sp³-hybridized carbons (Fsp3) is 0.400. The molecule has 3 rings (SSSR count). The maximum atomic E-state index is 3.54. The molecule has 0 aliphatic heterocycles. The summed E-state index contributed by atoms with van der Waals surface area (Å²) in [6.45, 7) is 4.61. The van der Waals surface area contributed by atoms with Crippen molar-refractivity contribution in [1.82, 2.24) is 4.98 Å². The first-order valence-corrected chi connectivity index (χ1v) is 9.49. The van der Waals surface area contributed by atoms with Gasteiger partial charge in [-0.05, 0) is 64.8 Å². The number of benzene rings is 2. The SMILES string of the molecule is CCCCC(CC)Cc1ccc2[nH]c3cc(I)ccc3c2c1. The van der Waals surface area contributed by atoms with Crippen molar-refractivity contribution in [3.63, 3.8) is 0 Å². The largest absolute Gasteiger partial charge is 0.354 e. The number of fused-ring (bicyclic) bond motifs is 3. The summed E-state index contributed by atoms with van der Waals surface area (Å²) >= 11 is 2.37. The zero-order valence-electron chi connectivity index (χ0n) is 13.5. The Morgan fingerprint density at radius 1 is 1.00 bits per heavy atom. The standard InChI is InChI=1S/C20H24IN/c1-3-5-6-14(4-2)11-15-7-10-19-18(12-15)17-9-8-16(21)13-20(17)22-19/h7-10,12-14,22H,3-6,11H2,1-2H3. The third-order valence-electron chi connectivity index (χ3n) is 4.69. The number of rotatable bonds is 6. The molecule has 1 nitrogen and oxygen atoms in total. The average molecular weight is 405 g/mol. The summed E-state index contributed by atoms with van der Waals surface area (Å²) in [6.07, 6.45) is 6.51.